The summed E-state index contributed by atoms with van der Waals surface area (Å²) < 4.78 is 6.41. The van der Waals surface area contributed by atoms with Crippen molar-refractivity contribution in [3.63, 3.8) is 0 Å². The summed E-state index contributed by atoms with van der Waals surface area (Å²) in [6.07, 6.45) is 9.85. The molecular formula is C59H49NO. The molecule has 3 aliphatic rings. The van der Waals surface area contributed by atoms with Gasteiger partial charge in [0.05, 0.1) is 5.69 Å². The highest BCUT2D eigenvalue weighted by Gasteiger charge is 2.37. The van der Waals surface area contributed by atoms with Gasteiger partial charge in [0.1, 0.15) is 11.2 Å². The fourth-order valence-electron chi connectivity index (χ4n) is 11.2. The van der Waals surface area contributed by atoms with Gasteiger partial charge in [0.25, 0.3) is 0 Å². The summed E-state index contributed by atoms with van der Waals surface area (Å²) in [7, 11) is 0. The van der Waals surface area contributed by atoms with Crippen molar-refractivity contribution in [3.8, 4) is 44.5 Å². The highest BCUT2D eigenvalue weighted by atomic mass is 16.3. The number of nitrogens with zero attached hydrogens (tertiary/aromatic N) is 1. The van der Waals surface area contributed by atoms with E-state index >= 15 is 0 Å². The lowest BCUT2D eigenvalue weighted by Crippen LogP contribution is -2.18. The average molecular weight is 788 g/mol. The first kappa shape index (κ1) is 36.2. The highest BCUT2D eigenvalue weighted by Crippen LogP contribution is 2.55. The maximum Gasteiger partial charge on any atom is 0.136 e. The van der Waals surface area contributed by atoms with Gasteiger partial charge in [0, 0.05) is 33.1 Å². The van der Waals surface area contributed by atoms with Crippen molar-refractivity contribution in [2.24, 2.45) is 0 Å². The molecule has 0 saturated carbocycles. The molecule has 12 rings (SSSR count). The van der Waals surface area contributed by atoms with Crippen molar-refractivity contribution in [1.29, 1.82) is 0 Å². The van der Waals surface area contributed by atoms with E-state index < -0.39 is 0 Å². The highest BCUT2D eigenvalue weighted by molar-refractivity contribution is 6.06. The summed E-state index contributed by atoms with van der Waals surface area (Å²) in [5.41, 5.74) is 24.7. The monoisotopic (exact) mass is 787 g/mol. The molecular weight excluding hydrogens is 739 g/mol. The minimum Gasteiger partial charge on any atom is -0.456 e. The van der Waals surface area contributed by atoms with Crippen LogP contribution in [0, 0.1) is 0 Å². The quantitative estimate of drug-likeness (QED) is 0.167. The van der Waals surface area contributed by atoms with Crippen LogP contribution in [0.25, 0.3) is 66.4 Å². The fraction of sp³-hybridized carbons (Fsp3) is 0.186. The molecule has 2 nitrogen and oxygen atoms in total. The number of para-hydroxylation sites is 1. The van der Waals surface area contributed by atoms with Crippen LogP contribution >= 0.6 is 0 Å². The van der Waals surface area contributed by atoms with E-state index in [1.54, 1.807) is 22.3 Å². The number of benzene rings is 8. The summed E-state index contributed by atoms with van der Waals surface area (Å²) in [5, 5.41) is 2.30. The summed E-state index contributed by atoms with van der Waals surface area (Å²) in [6, 6.07) is 61.1. The van der Waals surface area contributed by atoms with Gasteiger partial charge in [-0.3, -0.25) is 0 Å². The lowest BCUT2D eigenvalue weighted by molar-refractivity contribution is 0.641. The van der Waals surface area contributed by atoms with Crippen LogP contribution in [-0.4, -0.2) is 0 Å². The van der Waals surface area contributed by atoms with Crippen molar-refractivity contribution < 1.29 is 4.42 Å². The van der Waals surface area contributed by atoms with Gasteiger partial charge in [0.2, 0.25) is 0 Å². The Morgan fingerprint density at radius 3 is 1.95 bits per heavy atom. The molecule has 0 atom stereocenters. The summed E-state index contributed by atoms with van der Waals surface area (Å²) in [5.74, 6) is 0. The second kappa shape index (κ2) is 14.2. The number of fused-ring (bicyclic) bond motifs is 9. The first-order chi connectivity index (χ1) is 30.0. The number of aryl methyl sites for hydroxylation is 1. The number of rotatable bonds is 6. The van der Waals surface area contributed by atoms with Crippen LogP contribution in [0.5, 0.6) is 0 Å². The molecule has 0 bridgehead atoms. The van der Waals surface area contributed by atoms with Crippen molar-refractivity contribution >= 4 is 39.0 Å². The number of hydrogen-bond acceptors (Lipinski definition) is 2. The maximum absolute atomic E-state index is 6.41. The normalized spacial score (nSPS) is 15.0. The third kappa shape index (κ3) is 5.91. The smallest absolute Gasteiger partial charge is 0.136 e. The molecule has 0 aliphatic heterocycles. The second-order valence-electron chi connectivity index (χ2n) is 18.1. The van der Waals surface area contributed by atoms with E-state index in [4.69, 9.17) is 4.42 Å². The molecule has 2 heteroatoms. The SMILES string of the molecule is CC1(C)c2ccccc2-c2cc(-c3cc4c(c5c3CCCC5)CCCC4)c(N(c3ccc(-c4ccccc4)cc3)c3cccc(-c4ccc5c(c4)oc4ccccc45)c3)cc21. The molecule has 0 spiro atoms. The zero-order valence-corrected chi connectivity index (χ0v) is 35.1. The molecule has 3 aliphatic carbocycles. The third-order valence-corrected chi connectivity index (χ3v) is 14.3. The first-order valence-corrected chi connectivity index (χ1v) is 22.4. The van der Waals surface area contributed by atoms with Crippen LogP contribution in [0.15, 0.2) is 168 Å². The van der Waals surface area contributed by atoms with Gasteiger partial charge in [-0.05, 0) is 178 Å². The van der Waals surface area contributed by atoms with Gasteiger partial charge in [-0.1, -0.05) is 123 Å². The molecule has 9 aromatic rings. The maximum atomic E-state index is 6.41. The van der Waals surface area contributed by atoms with Crippen LogP contribution in [0.2, 0.25) is 0 Å². The lowest BCUT2D eigenvalue weighted by atomic mass is 9.76. The van der Waals surface area contributed by atoms with Crippen molar-refractivity contribution in [2.45, 2.75) is 70.6 Å². The first-order valence-electron chi connectivity index (χ1n) is 22.4. The van der Waals surface area contributed by atoms with E-state index in [2.05, 4.69) is 176 Å². The van der Waals surface area contributed by atoms with Crippen LogP contribution in [0.3, 0.4) is 0 Å². The Morgan fingerprint density at radius 2 is 1.08 bits per heavy atom. The third-order valence-electron chi connectivity index (χ3n) is 14.3. The molecule has 0 radical (unpaired) electrons. The topological polar surface area (TPSA) is 16.4 Å². The summed E-state index contributed by atoms with van der Waals surface area (Å²) >= 11 is 0. The molecule has 1 aromatic heterocycles. The molecule has 1 heterocycles. The largest absolute Gasteiger partial charge is 0.456 e. The van der Waals surface area contributed by atoms with E-state index in [-0.39, 0.29) is 5.41 Å². The van der Waals surface area contributed by atoms with Gasteiger partial charge < -0.3 is 9.32 Å². The minimum absolute atomic E-state index is 0.152. The summed E-state index contributed by atoms with van der Waals surface area (Å²) in [4.78, 5) is 2.56. The van der Waals surface area contributed by atoms with Crippen LogP contribution in [0.4, 0.5) is 17.1 Å². The standard InChI is InChI=1S/C59H49NO/c1-59(2)54-25-12-10-23-48(54)52-36-53(51-34-42-17-6-7-20-45(42)46-21-8-9-22-47(46)51)56(37-55(52)59)60(43-30-27-39(28-31-43)38-15-4-3-5-16-38)44-19-14-18-40(33-44)41-29-32-50-49-24-11-13-26-57(49)61-58(50)35-41/h3-5,10-16,18-19,23-37H,6-9,17,20-22H2,1-2H3. The predicted octanol–water partition coefficient (Wildman–Crippen LogP) is 16.1. The Morgan fingerprint density at radius 1 is 0.410 bits per heavy atom. The van der Waals surface area contributed by atoms with Gasteiger partial charge in [-0.2, -0.15) is 0 Å². The molecule has 0 saturated heterocycles. The number of anilines is 3. The van der Waals surface area contributed by atoms with Gasteiger partial charge >= 0.3 is 0 Å². The zero-order valence-electron chi connectivity index (χ0n) is 35.1. The van der Waals surface area contributed by atoms with E-state index in [1.165, 1.54) is 95.1 Å². The Kier molecular flexibility index (Phi) is 8.46. The van der Waals surface area contributed by atoms with E-state index in [0.717, 1.165) is 50.9 Å². The van der Waals surface area contributed by atoms with Crippen molar-refractivity contribution in [1.82, 2.24) is 0 Å². The molecule has 0 fully saturated rings. The van der Waals surface area contributed by atoms with Gasteiger partial charge in [-0.15, -0.1) is 0 Å². The molecule has 0 amide bonds. The van der Waals surface area contributed by atoms with Crippen molar-refractivity contribution in [2.75, 3.05) is 4.90 Å². The van der Waals surface area contributed by atoms with Gasteiger partial charge in [0.15, 0.2) is 0 Å². The van der Waals surface area contributed by atoms with Crippen LogP contribution < -0.4 is 4.90 Å². The Balaban J connectivity index is 1.11. The number of furan rings is 1. The lowest BCUT2D eigenvalue weighted by Gasteiger charge is -2.33. The van der Waals surface area contributed by atoms with Crippen LogP contribution in [0.1, 0.15) is 72.9 Å². The second-order valence-corrected chi connectivity index (χ2v) is 18.1. The van der Waals surface area contributed by atoms with E-state index in [1.807, 2.05) is 6.07 Å². The Hall–Kier alpha value is -6.64. The van der Waals surface area contributed by atoms with E-state index in [9.17, 15) is 0 Å². The number of hydrogen-bond donors (Lipinski definition) is 0. The van der Waals surface area contributed by atoms with Gasteiger partial charge in [-0.25, -0.2) is 0 Å². The molecule has 0 unspecified atom stereocenters. The molecule has 61 heavy (non-hydrogen) atoms. The summed E-state index contributed by atoms with van der Waals surface area (Å²) in [6.45, 7) is 4.82. The Labute approximate surface area is 359 Å². The predicted molar refractivity (Wildman–Crippen MR) is 256 cm³/mol. The van der Waals surface area contributed by atoms with Crippen molar-refractivity contribution in [3.05, 3.63) is 197 Å². The molecule has 8 aromatic carbocycles. The van der Waals surface area contributed by atoms with Crippen LogP contribution in [-0.2, 0) is 31.1 Å². The molecule has 0 N–H and O–H groups in total. The Bertz CT molecular complexity index is 3170. The zero-order chi connectivity index (χ0) is 40.7. The fourth-order valence-corrected chi connectivity index (χ4v) is 11.2. The average Bonchev–Trinajstić information content (AvgIpc) is 3.80. The van der Waals surface area contributed by atoms with E-state index in [0.29, 0.717) is 0 Å². The molecule has 296 valence electrons. The minimum atomic E-state index is -0.152.